The molecule has 0 bridgehead atoms. The fourth-order valence-electron chi connectivity index (χ4n) is 4.28. The van der Waals surface area contributed by atoms with Gasteiger partial charge in [0.15, 0.2) is 0 Å². The average Bonchev–Trinajstić information content (AvgIpc) is 3.41. The third-order valence-electron chi connectivity index (χ3n) is 6.25. The zero-order valence-corrected chi connectivity index (χ0v) is 20.3. The first-order valence-electron chi connectivity index (χ1n) is 11.7. The zero-order chi connectivity index (χ0) is 25.1. The highest BCUT2D eigenvalue weighted by Crippen LogP contribution is 2.24. The molecule has 36 heavy (non-hydrogen) atoms. The summed E-state index contributed by atoms with van der Waals surface area (Å²) in [5, 5.41) is 0.724. The Morgan fingerprint density at radius 3 is 2.42 bits per heavy atom. The molecule has 0 radical (unpaired) electrons. The third-order valence-corrected chi connectivity index (χ3v) is 7.66. The molecular weight excluding hydrogens is 484 g/mol. The quantitative estimate of drug-likeness (QED) is 0.561. The Morgan fingerprint density at radius 2 is 1.69 bits per heavy atom. The van der Waals surface area contributed by atoms with Crippen LogP contribution < -0.4 is 4.72 Å². The lowest BCUT2D eigenvalue weighted by Crippen LogP contribution is -2.51. The van der Waals surface area contributed by atoms with Crippen molar-refractivity contribution >= 4 is 38.6 Å². The fraction of sp³-hybridized carbons (Fsp3) is 0.320. The molecule has 0 unspecified atom stereocenters. The van der Waals surface area contributed by atoms with Gasteiger partial charge in [-0.25, -0.2) is 13.2 Å². The number of nitrogens with zero attached hydrogens (tertiary/aromatic N) is 3. The molecular formula is C25H26N4O6S. The molecule has 2 amide bonds. The Bertz CT molecular complexity index is 1360. The molecule has 1 aromatic heterocycles. The predicted octanol–water partition coefficient (Wildman–Crippen LogP) is 2.72. The number of para-hydroxylation sites is 1. The van der Waals surface area contributed by atoms with Gasteiger partial charge in [0.05, 0.1) is 18.7 Å². The van der Waals surface area contributed by atoms with E-state index in [-0.39, 0.29) is 23.0 Å². The van der Waals surface area contributed by atoms with Crippen LogP contribution in [0.1, 0.15) is 16.8 Å². The number of hydrogen-bond donors (Lipinski definition) is 1. The number of rotatable bonds is 5. The van der Waals surface area contributed by atoms with E-state index in [4.69, 9.17) is 9.47 Å². The number of anilines is 1. The number of hydrogen-bond acceptors (Lipinski definition) is 7. The molecule has 2 fully saturated rings. The van der Waals surface area contributed by atoms with Gasteiger partial charge in [0, 0.05) is 55.4 Å². The number of carbonyl (C=O) groups is 2. The number of sulfonamides is 1. The second-order valence-corrected chi connectivity index (χ2v) is 10.3. The number of benzene rings is 2. The fourth-order valence-corrected chi connectivity index (χ4v) is 5.52. The second kappa shape index (κ2) is 10.1. The smallest absolute Gasteiger partial charge is 0.410 e. The summed E-state index contributed by atoms with van der Waals surface area (Å²) < 4.78 is 39.2. The van der Waals surface area contributed by atoms with Crippen LogP contribution in [0.25, 0.3) is 10.9 Å². The molecule has 2 saturated heterocycles. The van der Waals surface area contributed by atoms with Crippen LogP contribution >= 0.6 is 0 Å². The maximum absolute atomic E-state index is 13.0. The SMILES string of the molecule is O=C(O[C@@H]1CCOC1)N1CCN(C(=O)c2ccc(NS(=O)(=O)c3cccc4cccnc34)cc2)CC1. The lowest BCUT2D eigenvalue weighted by Gasteiger charge is -2.34. The van der Waals surface area contributed by atoms with Crippen LogP contribution in [0, 0.1) is 0 Å². The molecule has 2 aromatic carbocycles. The van der Waals surface area contributed by atoms with Crippen LogP contribution in [0.3, 0.4) is 0 Å². The van der Waals surface area contributed by atoms with Crippen molar-refractivity contribution in [3.63, 3.8) is 0 Å². The number of ether oxygens (including phenoxy) is 2. The Hall–Kier alpha value is -3.70. The van der Waals surface area contributed by atoms with Crippen LogP contribution in [0.2, 0.25) is 0 Å². The third kappa shape index (κ3) is 5.12. The molecule has 3 heterocycles. The molecule has 11 heteroatoms. The van der Waals surface area contributed by atoms with E-state index in [0.29, 0.717) is 62.6 Å². The Kier molecular flexibility index (Phi) is 6.75. The van der Waals surface area contributed by atoms with Crippen molar-refractivity contribution in [3.8, 4) is 0 Å². The van der Waals surface area contributed by atoms with Gasteiger partial charge < -0.3 is 19.3 Å². The molecule has 2 aliphatic heterocycles. The molecule has 188 valence electrons. The predicted molar refractivity (Wildman–Crippen MR) is 132 cm³/mol. The van der Waals surface area contributed by atoms with Gasteiger partial charge >= 0.3 is 6.09 Å². The lowest BCUT2D eigenvalue weighted by atomic mass is 10.1. The highest BCUT2D eigenvalue weighted by molar-refractivity contribution is 7.93. The molecule has 0 aliphatic carbocycles. The van der Waals surface area contributed by atoms with Crippen LogP contribution in [0.15, 0.2) is 65.7 Å². The largest absolute Gasteiger partial charge is 0.444 e. The maximum Gasteiger partial charge on any atom is 0.410 e. The van der Waals surface area contributed by atoms with Crippen molar-refractivity contribution in [2.45, 2.75) is 17.4 Å². The van der Waals surface area contributed by atoms with Crippen molar-refractivity contribution in [3.05, 3.63) is 66.4 Å². The van der Waals surface area contributed by atoms with Crippen LogP contribution in [-0.4, -0.2) is 80.7 Å². The lowest BCUT2D eigenvalue weighted by molar-refractivity contribution is 0.0370. The zero-order valence-electron chi connectivity index (χ0n) is 19.5. The summed E-state index contributed by atoms with van der Waals surface area (Å²) in [7, 11) is -3.88. The van der Waals surface area contributed by atoms with Gasteiger partial charge in [-0.3, -0.25) is 14.5 Å². The highest BCUT2D eigenvalue weighted by Gasteiger charge is 2.28. The first kappa shape index (κ1) is 24.0. The maximum atomic E-state index is 13.0. The van der Waals surface area contributed by atoms with Gasteiger partial charge in [0.1, 0.15) is 11.0 Å². The van der Waals surface area contributed by atoms with Crippen molar-refractivity contribution < 1.29 is 27.5 Å². The number of pyridine rings is 1. The van der Waals surface area contributed by atoms with Gasteiger partial charge in [-0.1, -0.05) is 18.2 Å². The van der Waals surface area contributed by atoms with Gasteiger partial charge in [-0.05, 0) is 36.4 Å². The van der Waals surface area contributed by atoms with Crippen LogP contribution in [-0.2, 0) is 19.5 Å². The van der Waals surface area contributed by atoms with Crippen molar-refractivity contribution in [1.82, 2.24) is 14.8 Å². The van der Waals surface area contributed by atoms with Crippen molar-refractivity contribution in [1.29, 1.82) is 0 Å². The van der Waals surface area contributed by atoms with E-state index in [2.05, 4.69) is 9.71 Å². The van der Waals surface area contributed by atoms with Gasteiger partial charge in [0.25, 0.3) is 15.9 Å². The standard InChI is InChI=1S/C25H26N4O6S/c30-24(28-12-14-29(15-13-28)25(31)35-21-10-16-34-17-21)19-6-8-20(9-7-19)27-36(32,33)22-5-1-3-18-4-2-11-26-23(18)22/h1-9,11,21,27H,10,12-17H2/t21-/m1/s1. The normalized spacial score (nSPS) is 18.3. The minimum absolute atomic E-state index is 0.0811. The second-order valence-electron chi connectivity index (χ2n) is 8.66. The van der Waals surface area contributed by atoms with E-state index in [1.807, 2.05) is 0 Å². The molecule has 3 aromatic rings. The summed E-state index contributed by atoms with van der Waals surface area (Å²) in [6, 6.07) is 14.8. The van der Waals surface area contributed by atoms with E-state index in [1.165, 1.54) is 6.07 Å². The molecule has 0 saturated carbocycles. The van der Waals surface area contributed by atoms with E-state index in [9.17, 15) is 18.0 Å². The molecule has 0 spiro atoms. The first-order chi connectivity index (χ1) is 17.4. The van der Waals surface area contributed by atoms with Gasteiger partial charge in [0.2, 0.25) is 0 Å². The minimum atomic E-state index is -3.88. The van der Waals surface area contributed by atoms with Gasteiger partial charge in [-0.2, -0.15) is 0 Å². The van der Waals surface area contributed by atoms with E-state index >= 15 is 0 Å². The molecule has 1 N–H and O–H groups in total. The minimum Gasteiger partial charge on any atom is -0.444 e. The van der Waals surface area contributed by atoms with E-state index in [1.54, 1.807) is 64.5 Å². The van der Waals surface area contributed by atoms with Crippen LogP contribution in [0.5, 0.6) is 0 Å². The Labute approximate surface area is 208 Å². The number of nitrogens with one attached hydrogen (secondary N) is 1. The van der Waals surface area contributed by atoms with Crippen LogP contribution in [0.4, 0.5) is 10.5 Å². The summed E-state index contributed by atoms with van der Waals surface area (Å²) >= 11 is 0. The number of piperazine rings is 1. The summed E-state index contributed by atoms with van der Waals surface area (Å²) in [6.45, 7) is 2.56. The Balaban J connectivity index is 1.20. The number of aromatic nitrogens is 1. The van der Waals surface area contributed by atoms with E-state index in [0.717, 1.165) is 5.39 Å². The summed E-state index contributed by atoms with van der Waals surface area (Å²) in [6.07, 6.45) is 1.67. The van der Waals surface area contributed by atoms with Crippen molar-refractivity contribution in [2.75, 3.05) is 44.1 Å². The summed E-state index contributed by atoms with van der Waals surface area (Å²) in [4.78, 5) is 32.8. The van der Waals surface area contributed by atoms with E-state index < -0.39 is 10.0 Å². The van der Waals surface area contributed by atoms with Crippen molar-refractivity contribution in [2.24, 2.45) is 0 Å². The van der Waals surface area contributed by atoms with Gasteiger partial charge in [-0.15, -0.1) is 0 Å². The number of fused-ring (bicyclic) bond motifs is 1. The molecule has 1 atom stereocenters. The topological polar surface area (TPSA) is 118 Å². The molecule has 2 aliphatic rings. The molecule has 10 nitrogen and oxygen atoms in total. The monoisotopic (exact) mass is 510 g/mol. The first-order valence-corrected chi connectivity index (χ1v) is 13.2. The number of carbonyl (C=O) groups excluding carboxylic acids is 2. The Morgan fingerprint density at radius 1 is 0.972 bits per heavy atom. The summed E-state index contributed by atoms with van der Waals surface area (Å²) in [5.74, 6) is -0.181. The molecule has 5 rings (SSSR count). The summed E-state index contributed by atoms with van der Waals surface area (Å²) in [5.41, 5.74) is 1.16. The number of amides is 2. The highest BCUT2D eigenvalue weighted by atomic mass is 32.2. The average molecular weight is 511 g/mol.